The predicted molar refractivity (Wildman–Crippen MR) is 101 cm³/mol. The molecule has 0 aliphatic carbocycles. The van der Waals surface area contributed by atoms with E-state index in [4.69, 9.17) is 11.6 Å². The number of hydrogen-bond acceptors (Lipinski definition) is 5. The fourth-order valence-electron chi connectivity index (χ4n) is 2.76. The number of thioether (sulfide) groups is 1. The molecule has 6 nitrogen and oxygen atoms in total. The summed E-state index contributed by atoms with van der Waals surface area (Å²) in [4.78, 5) is 33.1. The van der Waals surface area contributed by atoms with Gasteiger partial charge in [-0.25, -0.2) is 4.98 Å². The van der Waals surface area contributed by atoms with Crippen molar-refractivity contribution in [2.45, 2.75) is 11.3 Å². The lowest BCUT2D eigenvalue weighted by molar-refractivity contribution is -0.141. The third kappa shape index (κ3) is 5.20. The molecule has 150 valence electrons. The summed E-state index contributed by atoms with van der Waals surface area (Å²) in [6, 6.07) is 7.82. The maximum Gasteiger partial charge on any atom is 0.433 e. The molecule has 11 heteroatoms. The van der Waals surface area contributed by atoms with Gasteiger partial charge in [0, 0.05) is 43.0 Å². The molecule has 0 atom stereocenters. The third-order valence-electron chi connectivity index (χ3n) is 4.15. The van der Waals surface area contributed by atoms with Crippen molar-refractivity contribution in [2.75, 3.05) is 36.8 Å². The second-order valence-electron chi connectivity index (χ2n) is 6.07. The topological polar surface area (TPSA) is 69.3 Å². The maximum absolute atomic E-state index is 12.7. The minimum absolute atomic E-state index is 0.110. The summed E-state index contributed by atoms with van der Waals surface area (Å²) >= 11 is 6.77. The lowest BCUT2D eigenvalue weighted by atomic mass is 10.2. The van der Waals surface area contributed by atoms with Gasteiger partial charge in [0.05, 0.1) is 5.75 Å². The summed E-state index contributed by atoms with van der Waals surface area (Å²) in [6.07, 6.45) is -4.72. The van der Waals surface area contributed by atoms with Crippen LogP contribution in [0.2, 0.25) is 5.02 Å². The smallest absolute Gasteiger partial charge is 0.368 e. The lowest BCUT2D eigenvalue weighted by Gasteiger charge is -2.36. The molecule has 3 rings (SSSR count). The highest BCUT2D eigenvalue weighted by molar-refractivity contribution is 7.99. The molecule has 1 amide bonds. The molecule has 28 heavy (non-hydrogen) atoms. The monoisotopic (exact) mass is 432 g/mol. The minimum atomic E-state index is -4.72. The number of alkyl halides is 3. The van der Waals surface area contributed by atoms with Gasteiger partial charge >= 0.3 is 6.18 Å². The molecular weight excluding hydrogens is 417 g/mol. The number of anilines is 1. The van der Waals surface area contributed by atoms with Gasteiger partial charge in [-0.2, -0.15) is 13.2 Å². The molecule has 1 aromatic carbocycles. The summed E-state index contributed by atoms with van der Waals surface area (Å²) in [7, 11) is 0. The van der Waals surface area contributed by atoms with E-state index in [9.17, 15) is 22.8 Å². The van der Waals surface area contributed by atoms with Gasteiger partial charge in [0.1, 0.15) is 0 Å². The summed E-state index contributed by atoms with van der Waals surface area (Å²) < 4.78 is 38.2. The maximum atomic E-state index is 12.7. The van der Waals surface area contributed by atoms with Crippen LogP contribution in [-0.2, 0) is 11.0 Å². The minimum Gasteiger partial charge on any atom is -0.368 e. The third-order valence-corrected chi connectivity index (χ3v) is 5.24. The van der Waals surface area contributed by atoms with Crippen LogP contribution in [0.4, 0.5) is 18.9 Å². The lowest BCUT2D eigenvalue weighted by Crippen LogP contribution is -2.49. The zero-order chi connectivity index (χ0) is 20.3. The van der Waals surface area contributed by atoms with Crippen LogP contribution >= 0.6 is 23.4 Å². The van der Waals surface area contributed by atoms with Crippen molar-refractivity contribution in [3.63, 3.8) is 0 Å². The number of nitrogens with zero attached hydrogens (tertiary/aromatic N) is 3. The van der Waals surface area contributed by atoms with Crippen LogP contribution in [0, 0.1) is 0 Å². The van der Waals surface area contributed by atoms with E-state index in [1.807, 2.05) is 18.2 Å². The van der Waals surface area contributed by atoms with E-state index < -0.39 is 17.4 Å². The zero-order valence-corrected chi connectivity index (χ0v) is 16.1. The standard InChI is InChI=1S/C17H16ClF3N4O2S/c18-11-2-1-3-12(8-11)24-4-6-25(7-5-24)15(27)10-28-16-22-13(17(19,20)21)9-14(26)23-16/h1-3,8-9H,4-7,10H2,(H,22,23,26). The fraction of sp³-hybridized carbons (Fsp3) is 0.353. The van der Waals surface area contributed by atoms with Crippen LogP contribution in [-0.4, -0.2) is 52.7 Å². The Morgan fingerprint density at radius 1 is 1.21 bits per heavy atom. The normalized spacial score (nSPS) is 15.0. The Labute approximate surface area is 167 Å². The molecule has 1 fully saturated rings. The van der Waals surface area contributed by atoms with Crippen LogP contribution in [0.25, 0.3) is 0 Å². The number of piperazine rings is 1. The molecule has 1 aliphatic rings. The van der Waals surface area contributed by atoms with Gasteiger partial charge in [-0.05, 0) is 18.2 Å². The van der Waals surface area contributed by atoms with E-state index in [0.29, 0.717) is 37.3 Å². The molecule has 0 saturated carbocycles. The van der Waals surface area contributed by atoms with Crippen LogP contribution < -0.4 is 10.5 Å². The Morgan fingerprint density at radius 3 is 2.57 bits per heavy atom. The summed E-state index contributed by atoms with van der Waals surface area (Å²) in [6.45, 7) is 2.21. The zero-order valence-electron chi connectivity index (χ0n) is 14.5. The molecule has 0 unspecified atom stereocenters. The number of benzene rings is 1. The summed E-state index contributed by atoms with van der Waals surface area (Å²) in [5.74, 6) is -0.336. The van der Waals surface area contributed by atoms with Crippen molar-refractivity contribution >= 4 is 35.0 Å². The molecule has 2 heterocycles. The van der Waals surface area contributed by atoms with E-state index in [1.54, 1.807) is 11.0 Å². The van der Waals surface area contributed by atoms with Crippen molar-refractivity contribution in [1.29, 1.82) is 0 Å². The van der Waals surface area contributed by atoms with E-state index in [-0.39, 0.29) is 16.8 Å². The number of aromatic nitrogens is 2. The average molecular weight is 433 g/mol. The largest absolute Gasteiger partial charge is 0.433 e. The highest BCUT2D eigenvalue weighted by Crippen LogP contribution is 2.27. The number of halogens is 4. The van der Waals surface area contributed by atoms with Gasteiger partial charge in [0.15, 0.2) is 10.9 Å². The number of H-pyrrole nitrogens is 1. The van der Waals surface area contributed by atoms with Gasteiger partial charge in [0.25, 0.3) is 5.56 Å². The van der Waals surface area contributed by atoms with Gasteiger partial charge in [0.2, 0.25) is 5.91 Å². The van der Waals surface area contributed by atoms with Gasteiger partial charge in [-0.15, -0.1) is 0 Å². The summed E-state index contributed by atoms with van der Waals surface area (Å²) in [5, 5.41) is 0.403. The molecule has 1 aromatic heterocycles. The number of amides is 1. The fourth-order valence-corrected chi connectivity index (χ4v) is 3.72. The quantitative estimate of drug-likeness (QED) is 0.594. The van der Waals surface area contributed by atoms with Crippen LogP contribution in [0.1, 0.15) is 5.69 Å². The van der Waals surface area contributed by atoms with E-state index in [0.717, 1.165) is 17.4 Å². The average Bonchev–Trinajstić information content (AvgIpc) is 2.65. The van der Waals surface area contributed by atoms with E-state index in [2.05, 4.69) is 14.9 Å². The molecule has 1 N–H and O–H groups in total. The van der Waals surface area contributed by atoms with Crippen molar-refractivity contribution in [3.8, 4) is 0 Å². The highest BCUT2D eigenvalue weighted by atomic mass is 35.5. The molecule has 2 aromatic rings. The molecule has 1 aliphatic heterocycles. The Morgan fingerprint density at radius 2 is 1.93 bits per heavy atom. The first-order valence-electron chi connectivity index (χ1n) is 8.32. The second kappa shape index (κ2) is 8.44. The molecule has 0 spiro atoms. The summed E-state index contributed by atoms with van der Waals surface area (Å²) in [5.41, 5.74) is -1.21. The van der Waals surface area contributed by atoms with Gasteiger partial charge in [-0.3, -0.25) is 9.59 Å². The first kappa shape index (κ1) is 20.5. The van der Waals surface area contributed by atoms with Gasteiger partial charge < -0.3 is 14.8 Å². The van der Waals surface area contributed by atoms with Crippen molar-refractivity contribution < 1.29 is 18.0 Å². The number of carbonyl (C=O) groups is 1. The Bertz CT molecular complexity index is 914. The number of rotatable bonds is 4. The first-order valence-corrected chi connectivity index (χ1v) is 9.68. The molecular formula is C17H16ClF3N4O2S. The molecule has 0 bridgehead atoms. The number of hydrogen-bond donors (Lipinski definition) is 1. The molecule has 0 radical (unpaired) electrons. The Hall–Kier alpha value is -2.20. The predicted octanol–water partition coefficient (Wildman–Crippen LogP) is 2.88. The van der Waals surface area contributed by atoms with Crippen molar-refractivity contribution in [2.24, 2.45) is 0 Å². The second-order valence-corrected chi connectivity index (χ2v) is 7.47. The number of nitrogens with one attached hydrogen (secondary N) is 1. The van der Waals surface area contributed by atoms with E-state index >= 15 is 0 Å². The SMILES string of the molecule is O=C(CSc1nc(C(F)(F)F)cc(=O)[nH]1)N1CCN(c2cccc(Cl)c2)CC1. The highest BCUT2D eigenvalue weighted by Gasteiger charge is 2.33. The van der Waals surface area contributed by atoms with Crippen LogP contribution in [0.5, 0.6) is 0 Å². The van der Waals surface area contributed by atoms with E-state index in [1.165, 1.54) is 0 Å². The Balaban J connectivity index is 1.55. The molecule has 1 saturated heterocycles. The van der Waals surface area contributed by atoms with Crippen molar-refractivity contribution in [1.82, 2.24) is 14.9 Å². The Kier molecular flexibility index (Phi) is 6.19. The van der Waals surface area contributed by atoms with Gasteiger partial charge in [-0.1, -0.05) is 29.4 Å². The first-order chi connectivity index (χ1) is 13.2. The van der Waals surface area contributed by atoms with Crippen molar-refractivity contribution in [3.05, 3.63) is 51.4 Å². The number of aromatic amines is 1. The van der Waals surface area contributed by atoms with Crippen LogP contribution in [0.3, 0.4) is 0 Å². The van der Waals surface area contributed by atoms with Crippen LogP contribution in [0.15, 0.2) is 40.3 Å². The number of carbonyl (C=O) groups excluding carboxylic acids is 1.